The Labute approximate surface area is 76.5 Å². The van der Waals surface area contributed by atoms with E-state index in [2.05, 4.69) is 9.68 Å². The van der Waals surface area contributed by atoms with Crippen molar-refractivity contribution in [3.63, 3.8) is 0 Å². The topological polar surface area (TPSA) is 72.4 Å². The Morgan fingerprint density at radius 2 is 2.54 bits per heavy atom. The van der Waals surface area contributed by atoms with Crippen molar-refractivity contribution in [2.24, 2.45) is 5.73 Å². The van der Waals surface area contributed by atoms with Gasteiger partial charge in [-0.05, 0) is 6.92 Å². The maximum Gasteiger partial charge on any atom is 0.276 e. The Kier molecular flexibility index (Phi) is 3.02. The van der Waals surface area contributed by atoms with Gasteiger partial charge in [0.25, 0.3) is 5.91 Å². The van der Waals surface area contributed by atoms with Crippen molar-refractivity contribution in [3.8, 4) is 0 Å². The fraction of sp³-hybridized carbons (Fsp3) is 0.500. The molecule has 13 heavy (non-hydrogen) atoms. The lowest BCUT2D eigenvalue weighted by atomic mass is 10.2. The maximum absolute atomic E-state index is 11.6. The zero-order valence-electron chi connectivity index (χ0n) is 7.73. The number of rotatable bonds is 3. The Morgan fingerprint density at radius 3 is 3.00 bits per heavy atom. The minimum absolute atomic E-state index is 0.00389. The van der Waals surface area contributed by atoms with Crippen molar-refractivity contribution in [1.29, 1.82) is 0 Å². The molecule has 0 radical (unpaired) electrons. The maximum atomic E-state index is 11.6. The van der Waals surface area contributed by atoms with Crippen LogP contribution in [0.1, 0.15) is 17.4 Å². The van der Waals surface area contributed by atoms with Gasteiger partial charge in [-0.2, -0.15) is 0 Å². The molecule has 1 rings (SSSR count). The first-order valence-electron chi connectivity index (χ1n) is 4.04. The zero-order valence-corrected chi connectivity index (χ0v) is 7.73. The molecular formula is C8H13N3O2. The number of nitrogens with two attached hydrogens (primary N) is 1. The van der Waals surface area contributed by atoms with Crippen LogP contribution in [0.4, 0.5) is 0 Å². The normalized spacial score (nSPS) is 12.5. The van der Waals surface area contributed by atoms with E-state index in [-0.39, 0.29) is 11.9 Å². The second-order valence-electron chi connectivity index (χ2n) is 2.89. The first-order chi connectivity index (χ1) is 6.16. The van der Waals surface area contributed by atoms with Gasteiger partial charge < -0.3 is 15.2 Å². The summed E-state index contributed by atoms with van der Waals surface area (Å²) in [6, 6.07) is 1.53. The predicted octanol–water partition coefficient (Wildman–Crippen LogP) is 0.0938. The molecule has 0 aliphatic heterocycles. The summed E-state index contributed by atoms with van der Waals surface area (Å²) in [6.07, 6.45) is 1.37. The Bertz CT molecular complexity index is 271. The van der Waals surface area contributed by atoms with Crippen molar-refractivity contribution < 1.29 is 9.32 Å². The number of hydrogen-bond donors (Lipinski definition) is 1. The van der Waals surface area contributed by atoms with Crippen molar-refractivity contribution in [2.45, 2.75) is 13.0 Å². The third-order valence-corrected chi connectivity index (χ3v) is 1.98. The molecule has 0 fully saturated rings. The quantitative estimate of drug-likeness (QED) is 0.721. The Morgan fingerprint density at radius 1 is 1.85 bits per heavy atom. The molecule has 5 nitrogen and oxygen atoms in total. The summed E-state index contributed by atoms with van der Waals surface area (Å²) in [5.74, 6) is -0.174. The highest BCUT2D eigenvalue weighted by atomic mass is 16.5. The molecular weight excluding hydrogens is 170 g/mol. The SMILES string of the molecule is CC(CN)N(C)C(=O)c1ccon1. The molecule has 1 amide bonds. The van der Waals surface area contributed by atoms with Gasteiger partial charge in [-0.1, -0.05) is 5.16 Å². The van der Waals surface area contributed by atoms with Crippen LogP contribution in [0.15, 0.2) is 16.9 Å². The van der Waals surface area contributed by atoms with Crippen molar-refractivity contribution in [3.05, 3.63) is 18.0 Å². The summed E-state index contributed by atoms with van der Waals surface area (Å²) in [6.45, 7) is 2.30. The van der Waals surface area contributed by atoms with Crippen LogP contribution in [0.5, 0.6) is 0 Å². The van der Waals surface area contributed by atoms with E-state index in [1.165, 1.54) is 17.2 Å². The number of carbonyl (C=O) groups excluding carboxylic acids is 1. The first kappa shape index (κ1) is 9.73. The lowest BCUT2D eigenvalue weighted by Crippen LogP contribution is -2.39. The summed E-state index contributed by atoms with van der Waals surface area (Å²) >= 11 is 0. The molecule has 1 atom stereocenters. The van der Waals surface area contributed by atoms with Gasteiger partial charge in [-0.3, -0.25) is 4.79 Å². The molecule has 2 N–H and O–H groups in total. The number of nitrogens with zero attached hydrogens (tertiary/aromatic N) is 2. The van der Waals surface area contributed by atoms with E-state index < -0.39 is 0 Å². The zero-order chi connectivity index (χ0) is 9.84. The van der Waals surface area contributed by atoms with Gasteiger partial charge in [0.2, 0.25) is 0 Å². The van der Waals surface area contributed by atoms with Crippen molar-refractivity contribution in [2.75, 3.05) is 13.6 Å². The van der Waals surface area contributed by atoms with Crippen molar-refractivity contribution >= 4 is 5.91 Å². The van der Waals surface area contributed by atoms with Crippen LogP contribution in [0, 0.1) is 0 Å². The van der Waals surface area contributed by atoms with Crippen LogP contribution in [0.3, 0.4) is 0 Å². The highest BCUT2D eigenvalue weighted by Gasteiger charge is 2.18. The Balaban J connectivity index is 2.68. The van der Waals surface area contributed by atoms with Gasteiger partial charge in [-0.25, -0.2) is 0 Å². The van der Waals surface area contributed by atoms with Crippen molar-refractivity contribution in [1.82, 2.24) is 10.1 Å². The average Bonchev–Trinajstić information content (AvgIpc) is 2.67. The van der Waals surface area contributed by atoms with Gasteiger partial charge in [-0.15, -0.1) is 0 Å². The van der Waals surface area contributed by atoms with Crippen LogP contribution >= 0.6 is 0 Å². The third kappa shape index (κ3) is 2.06. The van der Waals surface area contributed by atoms with E-state index in [0.717, 1.165) is 0 Å². The first-order valence-corrected chi connectivity index (χ1v) is 4.04. The second kappa shape index (κ2) is 4.04. The van der Waals surface area contributed by atoms with E-state index in [4.69, 9.17) is 5.73 Å². The predicted molar refractivity (Wildman–Crippen MR) is 47.1 cm³/mol. The molecule has 0 aliphatic rings. The highest BCUT2D eigenvalue weighted by molar-refractivity contribution is 5.92. The summed E-state index contributed by atoms with van der Waals surface area (Å²) in [5, 5.41) is 3.55. The molecule has 1 unspecified atom stereocenters. The van der Waals surface area contributed by atoms with Crippen LogP contribution in [-0.4, -0.2) is 35.6 Å². The minimum Gasteiger partial charge on any atom is -0.364 e. The van der Waals surface area contributed by atoms with E-state index in [1.54, 1.807) is 7.05 Å². The highest BCUT2D eigenvalue weighted by Crippen LogP contribution is 2.02. The molecule has 0 saturated heterocycles. The Hall–Kier alpha value is -1.36. The molecule has 1 aromatic rings. The smallest absolute Gasteiger partial charge is 0.276 e. The average molecular weight is 183 g/mol. The standard InChI is InChI=1S/C8H13N3O2/c1-6(5-9)11(2)8(12)7-3-4-13-10-7/h3-4,6H,5,9H2,1-2H3. The van der Waals surface area contributed by atoms with Crippen LogP contribution in [-0.2, 0) is 0 Å². The molecule has 0 aliphatic carbocycles. The van der Waals surface area contributed by atoms with E-state index >= 15 is 0 Å². The second-order valence-corrected chi connectivity index (χ2v) is 2.89. The van der Waals surface area contributed by atoms with Crippen LogP contribution in [0.2, 0.25) is 0 Å². The van der Waals surface area contributed by atoms with Crippen LogP contribution < -0.4 is 5.73 Å². The summed E-state index contributed by atoms with van der Waals surface area (Å²) in [4.78, 5) is 13.1. The van der Waals surface area contributed by atoms with E-state index in [9.17, 15) is 4.79 Å². The lowest BCUT2D eigenvalue weighted by Gasteiger charge is -2.22. The number of hydrogen-bond acceptors (Lipinski definition) is 4. The molecule has 72 valence electrons. The number of amides is 1. The van der Waals surface area contributed by atoms with Crippen LogP contribution in [0.25, 0.3) is 0 Å². The largest absolute Gasteiger partial charge is 0.364 e. The van der Waals surface area contributed by atoms with Gasteiger partial charge in [0, 0.05) is 25.7 Å². The van der Waals surface area contributed by atoms with E-state index in [1.807, 2.05) is 6.92 Å². The monoisotopic (exact) mass is 183 g/mol. The number of aromatic nitrogens is 1. The van der Waals surface area contributed by atoms with Gasteiger partial charge in [0.15, 0.2) is 5.69 Å². The summed E-state index contributed by atoms with van der Waals surface area (Å²) in [7, 11) is 1.69. The molecule has 0 bridgehead atoms. The number of likely N-dealkylation sites (N-methyl/N-ethyl adjacent to an activating group) is 1. The van der Waals surface area contributed by atoms with E-state index in [0.29, 0.717) is 12.2 Å². The van der Waals surface area contributed by atoms with Gasteiger partial charge >= 0.3 is 0 Å². The summed E-state index contributed by atoms with van der Waals surface area (Å²) < 4.78 is 4.57. The van der Waals surface area contributed by atoms with Gasteiger partial charge in [0.1, 0.15) is 6.26 Å². The number of carbonyl (C=O) groups is 1. The fourth-order valence-corrected chi connectivity index (χ4v) is 0.862. The fourth-order valence-electron chi connectivity index (χ4n) is 0.862. The molecule has 5 heteroatoms. The molecule has 1 heterocycles. The van der Waals surface area contributed by atoms with Gasteiger partial charge in [0.05, 0.1) is 0 Å². The third-order valence-electron chi connectivity index (χ3n) is 1.98. The lowest BCUT2D eigenvalue weighted by molar-refractivity contribution is 0.0738. The molecule has 0 saturated carbocycles. The molecule has 0 aromatic carbocycles. The minimum atomic E-state index is -0.174. The molecule has 0 spiro atoms. The molecule has 1 aromatic heterocycles. The summed E-state index contributed by atoms with van der Waals surface area (Å²) in [5.41, 5.74) is 5.73.